The second-order valence-corrected chi connectivity index (χ2v) is 8.19. The molecule has 0 amide bonds. The second kappa shape index (κ2) is 9.38. The number of pyridine rings is 1. The van der Waals surface area contributed by atoms with Gasteiger partial charge in [-0.05, 0) is 42.8 Å². The first-order valence-corrected chi connectivity index (χ1v) is 10.8. The smallest absolute Gasteiger partial charge is 0.391 e. The Labute approximate surface area is 203 Å². The number of hydrogen-bond donors (Lipinski definition) is 3. The molecule has 180 valence electrons. The van der Waals surface area contributed by atoms with Crippen LogP contribution in [0.25, 0.3) is 27.7 Å². The molecule has 0 bridgehead atoms. The standard InChI is InChI=1S/C24H20ClF3N6O/c1-13(30-2)18-9-17(7-8-19(18)29)34-11-15-10-31-23(32-12-24(26,27)28)33-21(15)20(22(34)35)14-3-5-16(25)6-4-14/h3-11,29-30H,12H2,1-2H3,(H,32,33)/b18-13-,29-19?. The Morgan fingerprint density at radius 3 is 2.57 bits per heavy atom. The number of nitrogens with zero attached hydrogens (tertiary/aromatic N) is 3. The molecule has 0 unspecified atom stereocenters. The molecule has 7 nitrogen and oxygen atoms in total. The number of hydrogen-bond acceptors (Lipinski definition) is 6. The van der Waals surface area contributed by atoms with Gasteiger partial charge in [0, 0.05) is 46.8 Å². The Hall–Kier alpha value is -3.92. The van der Waals surface area contributed by atoms with Gasteiger partial charge >= 0.3 is 6.18 Å². The number of benzene rings is 1. The number of alkyl halides is 3. The van der Waals surface area contributed by atoms with Crippen LogP contribution in [0.4, 0.5) is 19.1 Å². The van der Waals surface area contributed by atoms with Gasteiger partial charge in [0.05, 0.1) is 16.8 Å². The quantitative estimate of drug-likeness (QED) is 0.457. The number of aromatic nitrogens is 3. The van der Waals surface area contributed by atoms with Crippen LogP contribution in [-0.2, 0) is 0 Å². The van der Waals surface area contributed by atoms with Crippen molar-refractivity contribution in [2.24, 2.45) is 0 Å². The van der Waals surface area contributed by atoms with Crippen LogP contribution in [0.5, 0.6) is 0 Å². The molecule has 3 N–H and O–H groups in total. The van der Waals surface area contributed by atoms with Crippen molar-refractivity contribution in [2.45, 2.75) is 13.1 Å². The summed E-state index contributed by atoms with van der Waals surface area (Å²) < 4.78 is 39.5. The number of fused-ring (bicyclic) bond motifs is 1. The predicted octanol–water partition coefficient (Wildman–Crippen LogP) is 5.01. The van der Waals surface area contributed by atoms with Crippen LogP contribution in [0.3, 0.4) is 0 Å². The molecular formula is C24H20ClF3N6O. The van der Waals surface area contributed by atoms with E-state index >= 15 is 0 Å². The fourth-order valence-corrected chi connectivity index (χ4v) is 3.69. The van der Waals surface area contributed by atoms with E-state index in [4.69, 9.17) is 17.0 Å². The largest absolute Gasteiger partial charge is 0.405 e. The zero-order valence-corrected chi connectivity index (χ0v) is 19.4. The molecule has 4 rings (SSSR count). The van der Waals surface area contributed by atoms with E-state index in [1.54, 1.807) is 49.5 Å². The summed E-state index contributed by atoms with van der Waals surface area (Å²) >= 11 is 6.02. The van der Waals surface area contributed by atoms with E-state index in [9.17, 15) is 18.0 Å². The summed E-state index contributed by atoms with van der Waals surface area (Å²) in [4.78, 5) is 22.0. The van der Waals surface area contributed by atoms with Crippen LogP contribution in [0.2, 0.25) is 5.02 Å². The third kappa shape index (κ3) is 5.12. The molecule has 0 aliphatic heterocycles. The highest BCUT2D eigenvalue weighted by Gasteiger charge is 2.27. The summed E-state index contributed by atoms with van der Waals surface area (Å²) in [6.45, 7) is 0.512. The topological polar surface area (TPSA) is 95.7 Å². The first kappa shape index (κ1) is 24.2. The van der Waals surface area contributed by atoms with Crippen molar-refractivity contribution in [3.8, 4) is 11.1 Å². The summed E-state index contributed by atoms with van der Waals surface area (Å²) in [5, 5.41) is 14.3. The summed E-state index contributed by atoms with van der Waals surface area (Å²) in [7, 11) is 1.74. The lowest BCUT2D eigenvalue weighted by molar-refractivity contribution is -0.115. The van der Waals surface area contributed by atoms with Crippen LogP contribution >= 0.6 is 11.6 Å². The van der Waals surface area contributed by atoms with E-state index < -0.39 is 18.3 Å². The van der Waals surface area contributed by atoms with Crippen LogP contribution in [0, 0.1) is 5.41 Å². The van der Waals surface area contributed by atoms with Gasteiger partial charge in [-0.25, -0.2) is 9.97 Å². The van der Waals surface area contributed by atoms with Gasteiger partial charge in [0.15, 0.2) is 0 Å². The predicted molar refractivity (Wildman–Crippen MR) is 132 cm³/mol. The molecule has 0 saturated carbocycles. The lowest BCUT2D eigenvalue weighted by atomic mass is 10.0. The summed E-state index contributed by atoms with van der Waals surface area (Å²) in [5.74, 6) is -0.248. The van der Waals surface area contributed by atoms with Gasteiger partial charge in [0.25, 0.3) is 5.56 Å². The average molecular weight is 501 g/mol. The van der Waals surface area contributed by atoms with Gasteiger partial charge in [-0.3, -0.25) is 9.36 Å². The second-order valence-electron chi connectivity index (χ2n) is 7.76. The van der Waals surface area contributed by atoms with E-state index in [2.05, 4.69) is 20.6 Å². The van der Waals surface area contributed by atoms with Crippen molar-refractivity contribution in [3.05, 3.63) is 81.5 Å². The van der Waals surface area contributed by atoms with Gasteiger partial charge < -0.3 is 16.0 Å². The fourth-order valence-electron chi connectivity index (χ4n) is 3.57. The molecule has 0 fully saturated rings. The lowest BCUT2D eigenvalue weighted by Gasteiger charge is -2.17. The summed E-state index contributed by atoms with van der Waals surface area (Å²) in [6.07, 6.45) is 3.39. The number of allylic oxidation sites excluding steroid dienone is 6. The maximum absolute atomic E-state index is 13.7. The van der Waals surface area contributed by atoms with Crippen molar-refractivity contribution in [2.75, 3.05) is 18.9 Å². The molecule has 0 saturated heterocycles. The maximum Gasteiger partial charge on any atom is 0.405 e. The van der Waals surface area contributed by atoms with Crippen LogP contribution in [0.15, 0.2) is 71.0 Å². The Morgan fingerprint density at radius 1 is 1.20 bits per heavy atom. The van der Waals surface area contributed by atoms with Crippen LogP contribution in [0.1, 0.15) is 6.92 Å². The van der Waals surface area contributed by atoms with E-state index in [0.717, 1.165) is 5.70 Å². The first-order chi connectivity index (χ1) is 16.6. The van der Waals surface area contributed by atoms with Gasteiger partial charge in [0.2, 0.25) is 5.95 Å². The molecule has 2 aromatic heterocycles. The van der Waals surface area contributed by atoms with Gasteiger partial charge in [-0.15, -0.1) is 0 Å². The highest BCUT2D eigenvalue weighted by molar-refractivity contribution is 6.30. The zero-order valence-electron chi connectivity index (χ0n) is 18.7. The van der Waals surface area contributed by atoms with Crippen molar-refractivity contribution in [3.63, 3.8) is 0 Å². The number of rotatable bonds is 5. The van der Waals surface area contributed by atoms with Gasteiger partial charge in [0.1, 0.15) is 6.54 Å². The van der Waals surface area contributed by atoms with Gasteiger partial charge in [-0.2, -0.15) is 13.2 Å². The molecule has 0 spiro atoms. The zero-order chi connectivity index (χ0) is 25.3. The molecular weight excluding hydrogens is 481 g/mol. The maximum atomic E-state index is 13.7. The van der Waals surface area contributed by atoms with E-state index in [1.165, 1.54) is 17.0 Å². The minimum Gasteiger partial charge on any atom is -0.391 e. The van der Waals surface area contributed by atoms with Crippen molar-refractivity contribution < 1.29 is 13.2 Å². The number of halogens is 4. The van der Waals surface area contributed by atoms with Crippen LogP contribution in [-0.4, -0.2) is 40.0 Å². The molecule has 11 heteroatoms. The van der Waals surface area contributed by atoms with E-state index in [-0.39, 0.29) is 22.7 Å². The first-order valence-electron chi connectivity index (χ1n) is 10.4. The Morgan fingerprint density at radius 2 is 1.91 bits per heavy atom. The Bertz CT molecular complexity index is 1470. The van der Waals surface area contributed by atoms with Gasteiger partial charge in [-0.1, -0.05) is 23.7 Å². The minimum atomic E-state index is -4.45. The molecule has 2 heterocycles. The number of anilines is 1. The van der Waals surface area contributed by atoms with Crippen molar-refractivity contribution >= 4 is 39.9 Å². The van der Waals surface area contributed by atoms with E-state index in [1.807, 2.05) is 6.92 Å². The molecule has 1 aromatic carbocycles. The third-order valence-corrected chi connectivity index (χ3v) is 5.65. The lowest BCUT2D eigenvalue weighted by Crippen LogP contribution is -2.24. The summed E-state index contributed by atoms with van der Waals surface area (Å²) in [6, 6.07) is 6.51. The van der Waals surface area contributed by atoms with E-state index in [0.29, 0.717) is 27.2 Å². The average Bonchev–Trinajstić information content (AvgIpc) is 2.82. The SMILES string of the molecule is CN/C(C)=C1/C=C(n2cc3cnc(NCC(F)(F)F)nc3c(-c3ccc(Cl)cc3)c2=O)C=CC1=N. The Balaban J connectivity index is 1.95. The van der Waals surface area contributed by atoms with Crippen molar-refractivity contribution in [1.82, 2.24) is 19.9 Å². The molecule has 1 aliphatic rings. The molecule has 0 atom stereocenters. The Kier molecular flexibility index (Phi) is 6.49. The monoisotopic (exact) mass is 500 g/mol. The normalized spacial score (nSPS) is 15.3. The molecule has 3 aromatic rings. The summed E-state index contributed by atoms with van der Waals surface area (Å²) in [5.41, 5.74) is 2.61. The minimum absolute atomic E-state index is 0.183. The third-order valence-electron chi connectivity index (χ3n) is 5.39. The molecule has 35 heavy (non-hydrogen) atoms. The highest BCUT2D eigenvalue weighted by atomic mass is 35.5. The highest BCUT2D eigenvalue weighted by Crippen LogP contribution is 2.28. The van der Waals surface area contributed by atoms with Crippen molar-refractivity contribution in [1.29, 1.82) is 5.41 Å². The number of nitrogens with one attached hydrogen (secondary N) is 3. The molecule has 0 radical (unpaired) electrons. The fraction of sp³-hybridized carbons (Fsp3) is 0.167. The van der Waals surface area contributed by atoms with Crippen LogP contribution < -0.4 is 16.2 Å². The molecule has 1 aliphatic carbocycles.